The highest BCUT2D eigenvalue weighted by molar-refractivity contribution is 14.1. The molecule has 0 aliphatic rings. The number of fused-ring (bicyclic) bond motifs is 1. The first kappa shape index (κ1) is 11.4. The zero-order valence-corrected chi connectivity index (χ0v) is 10.7. The molecule has 0 radical (unpaired) electrons. The molecule has 0 unspecified atom stereocenters. The van der Waals surface area contributed by atoms with E-state index in [4.69, 9.17) is 5.73 Å². The number of aromatic nitrogens is 1. The van der Waals surface area contributed by atoms with E-state index in [1.54, 1.807) is 0 Å². The van der Waals surface area contributed by atoms with Gasteiger partial charge in [-0.25, -0.2) is 0 Å². The molecule has 4 N–H and O–H groups in total. The minimum Gasteiger partial charge on any atom is -0.351 e. The third-order valence-corrected chi connectivity index (χ3v) is 2.93. The third-order valence-electron chi connectivity index (χ3n) is 2.26. The minimum absolute atomic E-state index is 0.114. The van der Waals surface area contributed by atoms with E-state index >= 15 is 0 Å². The highest BCUT2D eigenvalue weighted by atomic mass is 127. The number of hydrogen-bond acceptors (Lipinski definition) is 2. The number of amides is 1. The van der Waals surface area contributed by atoms with Gasteiger partial charge < -0.3 is 16.0 Å². The van der Waals surface area contributed by atoms with Crippen LogP contribution >= 0.6 is 22.6 Å². The van der Waals surface area contributed by atoms with Crippen LogP contribution in [0.1, 0.15) is 10.5 Å². The molecule has 1 amide bonds. The highest BCUT2D eigenvalue weighted by Crippen LogP contribution is 2.18. The summed E-state index contributed by atoms with van der Waals surface area (Å²) in [5, 5.41) is 3.77. The van der Waals surface area contributed by atoms with Crippen molar-refractivity contribution in [3.05, 3.63) is 33.5 Å². The molecule has 2 aromatic rings. The Morgan fingerprint density at radius 2 is 2.25 bits per heavy atom. The maximum atomic E-state index is 11.7. The van der Waals surface area contributed by atoms with Gasteiger partial charge in [0.2, 0.25) is 0 Å². The van der Waals surface area contributed by atoms with Crippen LogP contribution in [0.5, 0.6) is 0 Å². The number of nitrogens with two attached hydrogens (primary N) is 1. The van der Waals surface area contributed by atoms with Crippen molar-refractivity contribution in [1.82, 2.24) is 10.3 Å². The number of carbonyl (C=O) groups excluding carboxylic acids is 1. The van der Waals surface area contributed by atoms with Gasteiger partial charge >= 0.3 is 0 Å². The molecule has 0 fully saturated rings. The second-order valence-corrected chi connectivity index (χ2v) is 4.70. The lowest BCUT2D eigenvalue weighted by atomic mass is 10.2. The van der Waals surface area contributed by atoms with Crippen LogP contribution in [0.25, 0.3) is 10.9 Å². The predicted molar refractivity (Wildman–Crippen MR) is 72.4 cm³/mol. The van der Waals surface area contributed by atoms with Crippen molar-refractivity contribution >= 4 is 39.4 Å². The quantitative estimate of drug-likeness (QED) is 0.746. The first-order chi connectivity index (χ1) is 7.70. The lowest BCUT2D eigenvalue weighted by Gasteiger charge is -1.99. The molecule has 84 valence electrons. The van der Waals surface area contributed by atoms with Gasteiger partial charge in [0.15, 0.2) is 0 Å². The second kappa shape index (κ2) is 4.84. The molecule has 0 atom stereocenters. The second-order valence-electron chi connectivity index (χ2n) is 3.46. The molecule has 16 heavy (non-hydrogen) atoms. The van der Waals surface area contributed by atoms with Crippen molar-refractivity contribution in [2.45, 2.75) is 0 Å². The van der Waals surface area contributed by atoms with E-state index in [1.807, 2.05) is 24.3 Å². The van der Waals surface area contributed by atoms with E-state index in [0.717, 1.165) is 14.5 Å². The van der Waals surface area contributed by atoms with E-state index < -0.39 is 0 Å². The summed E-state index contributed by atoms with van der Waals surface area (Å²) in [5.74, 6) is -0.114. The molecule has 2 rings (SSSR count). The number of H-pyrrole nitrogens is 1. The van der Waals surface area contributed by atoms with E-state index in [0.29, 0.717) is 18.8 Å². The lowest BCUT2D eigenvalue weighted by Crippen LogP contribution is -2.29. The molecule has 0 saturated heterocycles. The third kappa shape index (κ3) is 2.35. The molecule has 1 aromatic carbocycles. The van der Waals surface area contributed by atoms with Gasteiger partial charge in [0.1, 0.15) is 5.69 Å². The Labute approximate surface area is 107 Å². The minimum atomic E-state index is -0.114. The fourth-order valence-corrected chi connectivity index (χ4v) is 2.02. The van der Waals surface area contributed by atoms with Crippen LogP contribution in [0, 0.1) is 3.57 Å². The maximum absolute atomic E-state index is 11.7. The molecule has 1 heterocycles. The monoisotopic (exact) mass is 329 g/mol. The first-order valence-corrected chi connectivity index (χ1v) is 6.05. The lowest BCUT2D eigenvalue weighted by molar-refractivity contribution is 0.0950. The Morgan fingerprint density at radius 1 is 1.44 bits per heavy atom. The van der Waals surface area contributed by atoms with Gasteiger partial charge in [-0.2, -0.15) is 0 Å². The fourth-order valence-electron chi connectivity index (χ4n) is 1.51. The SMILES string of the molecule is NCCNC(=O)c1cc2cc(I)ccc2[nH]1. The Kier molecular flexibility index (Phi) is 3.45. The van der Waals surface area contributed by atoms with Crippen LogP contribution in [0.2, 0.25) is 0 Å². The normalized spacial score (nSPS) is 10.6. The summed E-state index contributed by atoms with van der Waals surface area (Å²) in [6.07, 6.45) is 0. The Balaban J connectivity index is 2.28. The summed E-state index contributed by atoms with van der Waals surface area (Å²) >= 11 is 2.25. The summed E-state index contributed by atoms with van der Waals surface area (Å²) < 4.78 is 1.15. The van der Waals surface area contributed by atoms with Crippen LogP contribution in [0.15, 0.2) is 24.3 Å². The Bertz CT molecular complexity index is 521. The Morgan fingerprint density at radius 3 is 3.00 bits per heavy atom. The zero-order valence-electron chi connectivity index (χ0n) is 8.59. The summed E-state index contributed by atoms with van der Waals surface area (Å²) in [6, 6.07) is 7.85. The van der Waals surface area contributed by atoms with Crippen LogP contribution in [-0.2, 0) is 0 Å². The molecule has 5 heteroatoms. The number of nitrogens with one attached hydrogen (secondary N) is 2. The van der Waals surface area contributed by atoms with Crippen LogP contribution < -0.4 is 11.1 Å². The molecular weight excluding hydrogens is 317 g/mol. The van der Waals surface area contributed by atoms with Gasteiger partial charge in [-0.1, -0.05) is 0 Å². The predicted octanol–water partition coefficient (Wildman–Crippen LogP) is 1.46. The maximum Gasteiger partial charge on any atom is 0.267 e. The molecule has 0 saturated carbocycles. The van der Waals surface area contributed by atoms with Crippen molar-refractivity contribution in [3.8, 4) is 0 Å². The van der Waals surface area contributed by atoms with Gasteiger partial charge in [-0.3, -0.25) is 4.79 Å². The van der Waals surface area contributed by atoms with E-state index in [2.05, 4.69) is 32.9 Å². The van der Waals surface area contributed by atoms with Gasteiger partial charge in [0.25, 0.3) is 5.91 Å². The van der Waals surface area contributed by atoms with Gasteiger partial charge in [0, 0.05) is 27.6 Å². The van der Waals surface area contributed by atoms with Gasteiger partial charge in [-0.05, 0) is 46.9 Å². The highest BCUT2D eigenvalue weighted by Gasteiger charge is 2.08. The smallest absolute Gasteiger partial charge is 0.267 e. The number of rotatable bonds is 3. The molecule has 0 bridgehead atoms. The summed E-state index contributed by atoms with van der Waals surface area (Å²) in [6.45, 7) is 0.940. The van der Waals surface area contributed by atoms with Crippen molar-refractivity contribution in [2.75, 3.05) is 13.1 Å². The van der Waals surface area contributed by atoms with Crippen molar-refractivity contribution in [1.29, 1.82) is 0 Å². The molecular formula is C11H12IN3O. The van der Waals surface area contributed by atoms with Crippen molar-refractivity contribution < 1.29 is 4.79 Å². The van der Waals surface area contributed by atoms with Crippen LogP contribution in [0.4, 0.5) is 0 Å². The molecule has 1 aromatic heterocycles. The fraction of sp³-hybridized carbons (Fsp3) is 0.182. The van der Waals surface area contributed by atoms with E-state index in [9.17, 15) is 4.79 Å². The molecule has 0 aliphatic carbocycles. The van der Waals surface area contributed by atoms with E-state index in [1.165, 1.54) is 0 Å². The van der Waals surface area contributed by atoms with Crippen LogP contribution in [-0.4, -0.2) is 24.0 Å². The number of benzene rings is 1. The van der Waals surface area contributed by atoms with Gasteiger partial charge in [-0.15, -0.1) is 0 Å². The topological polar surface area (TPSA) is 70.9 Å². The zero-order chi connectivity index (χ0) is 11.5. The standard InChI is InChI=1S/C11H12IN3O/c12-8-1-2-9-7(5-8)6-10(15-9)11(16)14-4-3-13/h1-2,5-6,15H,3-4,13H2,(H,14,16). The van der Waals surface area contributed by atoms with Crippen LogP contribution in [0.3, 0.4) is 0 Å². The largest absolute Gasteiger partial charge is 0.351 e. The van der Waals surface area contributed by atoms with Gasteiger partial charge in [0.05, 0.1) is 0 Å². The Hall–Kier alpha value is -1.08. The number of aromatic amines is 1. The molecule has 0 aliphatic heterocycles. The summed E-state index contributed by atoms with van der Waals surface area (Å²) in [4.78, 5) is 14.7. The van der Waals surface area contributed by atoms with Crippen molar-refractivity contribution in [3.63, 3.8) is 0 Å². The summed E-state index contributed by atoms with van der Waals surface area (Å²) in [7, 11) is 0. The average molecular weight is 329 g/mol. The number of carbonyl (C=O) groups is 1. The molecule has 4 nitrogen and oxygen atoms in total. The van der Waals surface area contributed by atoms with Crippen molar-refractivity contribution in [2.24, 2.45) is 5.73 Å². The first-order valence-electron chi connectivity index (χ1n) is 4.97. The number of halogens is 1. The average Bonchev–Trinajstić information content (AvgIpc) is 2.68. The number of hydrogen-bond donors (Lipinski definition) is 3. The summed E-state index contributed by atoms with van der Waals surface area (Å²) in [5.41, 5.74) is 6.87. The van der Waals surface area contributed by atoms with E-state index in [-0.39, 0.29) is 5.91 Å². The molecule has 0 spiro atoms.